The zero-order valence-corrected chi connectivity index (χ0v) is 19.8. The molecule has 30 heavy (non-hydrogen) atoms. The number of anilines is 1. The van der Waals surface area contributed by atoms with E-state index in [1.165, 1.54) is 70.4 Å². The van der Waals surface area contributed by atoms with Crippen molar-refractivity contribution in [2.75, 3.05) is 37.6 Å². The molecule has 4 atom stereocenters. The summed E-state index contributed by atoms with van der Waals surface area (Å²) in [7, 11) is 0. The number of piperazine rings is 1. The van der Waals surface area contributed by atoms with Crippen LogP contribution < -0.4 is 4.90 Å². The molecule has 3 aliphatic heterocycles. The molecule has 4 unspecified atom stereocenters. The van der Waals surface area contributed by atoms with Gasteiger partial charge in [0.1, 0.15) is 0 Å². The van der Waals surface area contributed by atoms with Crippen molar-refractivity contribution in [2.45, 2.75) is 83.8 Å². The standard InChI is InChI=1S/C23H39N5.C2H4/c1-5-18(4)27-15-21-8-9-22(16-27)28(21)23-24-11-20(12-25-23)19-7-6-10-26(14-19)13-17(2)3;1-2/h11-12,17-19,21-22H,5-10,13-16H2,1-4H3;1-2H2. The van der Waals surface area contributed by atoms with Gasteiger partial charge in [0.2, 0.25) is 5.95 Å². The lowest BCUT2D eigenvalue weighted by Gasteiger charge is -2.43. The molecule has 0 radical (unpaired) electrons. The largest absolute Gasteiger partial charge is 0.332 e. The summed E-state index contributed by atoms with van der Waals surface area (Å²) in [5, 5.41) is 0. The smallest absolute Gasteiger partial charge is 0.225 e. The molecule has 1 aromatic rings. The highest BCUT2D eigenvalue weighted by atomic mass is 15.4. The highest BCUT2D eigenvalue weighted by molar-refractivity contribution is 5.38. The maximum atomic E-state index is 4.87. The lowest BCUT2D eigenvalue weighted by Crippen LogP contribution is -2.56. The van der Waals surface area contributed by atoms with Crippen molar-refractivity contribution in [3.8, 4) is 0 Å². The molecule has 4 rings (SSSR count). The summed E-state index contributed by atoms with van der Waals surface area (Å²) < 4.78 is 0. The van der Waals surface area contributed by atoms with Gasteiger partial charge in [0.15, 0.2) is 0 Å². The van der Waals surface area contributed by atoms with Crippen LogP contribution in [0.1, 0.15) is 71.3 Å². The van der Waals surface area contributed by atoms with Gasteiger partial charge in [0.05, 0.1) is 0 Å². The summed E-state index contributed by atoms with van der Waals surface area (Å²) >= 11 is 0. The minimum absolute atomic E-state index is 0.592. The Morgan fingerprint density at radius 1 is 1.00 bits per heavy atom. The molecule has 3 saturated heterocycles. The molecule has 5 nitrogen and oxygen atoms in total. The third-order valence-corrected chi connectivity index (χ3v) is 7.21. The van der Waals surface area contributed by atoms with Gasteiger partial charge in [-0.15, -0.1) is 13.2 Å². The third kappa shape index (κ3) is 5.23. The molecule has 3 fully saturated rings. The summed E-state index contributed by atoms with van der Waals surface area (Å²) in [6.45, 7) is 21.3. The van der Waals surface area contributed by atoms with Crippen LogP contribution in [-0.4, -0.2) is 70.6 Å². The van der Waals surface area contributed by atoms with E-state index in [4.69, 9.17) is 9.97 Å². The Labute approximate surface area is 184 Å². The number of hydrogen-bond acceptors (Lipinski definition) is 5. The van der Waals surface area contributed by atoms with Gasteiger partial charge >= 0.3 is 0 Å². The summed E-state index contributed by atoms with van der Waals surface area (Å²) in [6.07, 6.45) is 10.6. The number of nitrogens with zero attached hydrogens (tertiary/aromatic N) is 5. The van der Waals surface area contributed by atoms with Crippen LogP contribution in [0.15, 0.2) is 25.6 Å². The van der Waals surface area contributed by atoms with Gasteiger partial charge in [-0.2, -0.15) is 0 Å². The van der Waals surface area contributed by atoms with Crippen molar-refractivity contribution in [3.05, 3.63) is 31.1 Å². The predicted octanol–water partition coefficient (Wildman–Crippen LogP) is 4.57. The summed E-state index contributed by atoms with van der Waals surface area (Å²) in [6, 6.07) is 1.87. The van der Waals surface area contributed by atoms with Gasteiger partial charge in [-0.05, 0) is 63.0 Å². The average molecular weight is 414 g/mol. The van der Waals surface area contributed by atoms with Crippen molar-refractivity contribution in [1.82, 2.24) is 19.8 Å². The Morgan fingerprint density at radius 2 is 1.63 bits per heavy atom. The molecule has 4 heterocycles. The number of likely N-dealkylation sites (tertiary alicyclic amines) is 2. The third-order valence-electron chi connectivity index (χ3n) is 7.21. The molecule has 0 aromatic carbocycles. The molecule has 0 spiro atoms. The van der Waals surface area contributed by atoms with Crippen LogP contribution >= 0.6 is 0 Å². The topological polar surface area (TPSA) is 35.5 Å². The molecule has 168 valence electrons. The highest BCUT2D eigenvalue weighted by Gasteiger charge is 2.42. The highest BCUT2D eigenvalue weighted by Crippen LogP contribution is 2.34. The van der Waals surface area contributed by atoms with E-state index in [1.54, 1.807) is 0 Å². The van der Waals surface area contributed by atoms with Crippen LogP contribution in [0.3, 0.4) is 0 Å². The van der Waals surface area contributed by atoms with Crippen LogP contribution in [0.5, 0.6) is 0 Å². The summed E-state index contributed by atoms with van der Waals surface area (Å²) in [5.41, 5.74) is 1.34. The molecule has 0 saturated carbocycles. The molecule has 0 aliphatic carbocycles. The molecule has 2 bridgehead atoms. The number of piperidine rings is 1. The number of fused-ring (bicyclic) bond motifs is 2. The number of aromatic nitrogens is 2. The second kappa shape index (κ2) is 10.7. The summed E-state index contributed by atoms with van der Waals surface area (Å²) in [4.78, 5) is 17.6. The lowest BCUT2D eigenvalue weighted by molar-refractivity contribution is 0.162. The first-order valence-electron chi connectivity index (χ1n) is 12.1. The zero-order chi connectivity index (χ0) is 21.7. The first-order chi connectivity index (χ1) is 14.5. The zero-order valence-electron chi connectivity index (χ0n) is 19.8. The Hall–Kier alpha value is -1.46. The van der Waals surface area contributed by atoms with Crippen LogP contribution in [0.4, 0.5) is 5.95 Å². The minimum atomic E-state index is 0.592. The van der Waals surface area contributed by atoms with Gasteiger partial charge in [-0.25, -0.2) is 9.97 Å². The Kier molecular flexibility index (Phi) is 8.29. The fourth-order valence-electron chi connectivity index (χ4n) is 5.57. The van der Waals surface area contributed by atoms with Gasteiger partial charge < -0.3 is 9.80 Å². The van der Waals surface area contributed by atoms with E-state index in [0.29, 0.717) is 24.0 Å². The quantitative estimate of drug-likeness (QED) is 0.639. The van der Waals surface area contributed by atoms with Gasteiger partial charge in [-0.3, -0.25) is 4.90 Å². The summed E-state index contributed by atoms with van der Waals surface area (Å²) in [5.74, 6) is 2.30. The molecule has 0 amide bonds. The number of hydrogen-bond donors (Lipinski definition) is 0. The van der Waals surface area contributed by atoms with Crippen molar-refractivity contribution in [2.24, 2.45) is 5.92 Å². The van der Waals surface area contributed by atoms with Crippen LogP contribution in [-0.2, 0) is 0 Å². The lowest BCUT2D eigenvalue weighted by atomic mass is 9.92. The monoisotopic (exact) mass is 413 g/mol. The fraction of sp³-hybridized carbons (Fsp3) is 0.760. The molecular weight excluding hydrogens is 370 g/mol. The first-order valence-corrected chi connectivity index (χ1v) is 12.1. The molecule has 1 aromatic heterocycles. The van der Waals surface area contributed by atoms with Crippen molar-refractivity contribution in [1.29, 1.82) is 0 Å². The second-order valence-corrected chi connectivity index (χ2v) is 9.81. The number of rotatable bonds is 6. The maximum Gasteiger partial charge on any atom is 0.225 e. The van der Waals surface area contributed by atoms with Crippen molar-refractivity contribution >= 4 is 5.95 Å². The fourth-order valence-corrected chi connectivity index (χ4v) is 5.57. The van der Waals surface area contributed by atoms with Gasteiger partial charge in [-0.1, -0.05) is 20.8 Å². The first kappa shape index (κ1) is 23.2. The normalized spacial score (nSPS) is 28.3. The van der Waals surface area contributed by atoms with Crippen molar-refractivity contribution < 1.29 is 0 Å². The van der Waals surface area contributed by atoms with E-state index in [0.717, 1.165) is 11.9 Å². The Morgan fingerprint density at radius 3 is 2.20 bits per heavy atom. The molecule has 0 N–H and O–H groups in total. The average Bonchev–Trinajstić information content (AvgIpc) is 3.03. The maximum absolute atomic E-state index is 4.87. The van der Waals surface area contributed by atoms with Crippen molar-refractivity contribution in [3.63, 3.8) is 0 Å². The Bertz CT molecular complexity index is 631. The second-order valence-electron chi connectivity index (χ2n) is 9.81. The van der Waals surface area contributed by atoms with E-state index in [1.807, 2.05) is 0 Å². The van der Waals surface area contributed by atoms with Crippen LogP contribution in [0, 0.1) is 5.92 Å². The van der Waals surface area contributed by atoms with E-state index in [9.17, 15) is 0 Å². The minimum Gasteiger partial charge on any atom is -0.332 e. The molecule has 5 heteroatoms. The van der Waals surface area contributed by atoms with Crippen LogP contribution in [0.2, 0.25) is 0 Å². The molecular formula is C25H43N5. The van der Waals surface area contributed by atoms with E-state index >= 15 is 0 Å². The van der Waals surface area contributed by atoms with Gasteiger partial charge in [0.25, 0.3) is 0 Å². The van der Waals surface area contributed by atoms with E-state index < -0.39 is 0 Å². The van der Waals surface area contributed by atoms with Gasteiger partial charge in [0, 0.05) is 56.7 Å². The van der Waals surface area contributed by atoms with Crippen LogP contribution in [0.25, 0.3) is 0 Å². The van der Waals surface area contributed by atoms with E-state index in [2.05, 4.69) is 67.9 Å². The van der Waals surface area contributed by atoms with E-state index in [-0.39, 0.29) is 0 Å². The SMILES string of the molecule is C=C.CCC(C)N1CC2CCC(C1)N2c1ncc(C2CCCN(CC(C)C)C2)cn1. The predicted molar refractivity (Wildman–Crippen MR) is 127 cm³/mol. The Balaban J connectivity index is 0.00000124. The molecule has 3 aliphatic rings.